The van der Waals surface area contributed by atoms with Gasteiger partial charge < -0.3 is 26.0 Å². The molecule has 1 heterocycles. The summed E-state index contributed by atoms with van der Waals surface area (Å²) in [5.41, 5.74) is 6.23. The summed E-state index contributed by atoms with van der Waals surface area (Å²) in [6, 6.07) is 6.30. The Morgan fingerprint density at radius 3 is 2.88 bits per heavy atom. The molecule has 2 rings (SSSR count). The largest absolute Gasteiger partial charge is 0.496 e. The average Bonchev–Trinajstić information content (AvgIpc) is 2.64. The van der Waals surface area contributed by atoms with Crippen LogP contribution in [-0.4, -0.2) is 49.6 Å². The number of primary amides is 1. The first-order chi connectivity index (χ1) is 12.1. The van der Waals surface area contributed by atoms with Gasteiger partial charge in [0.25, 0.3) is 0 Å². The molecule has 1 aliphatic rings. The molecule has 0 aromatic heterocycles. The summed E-state index contributed by atoms with van der Waals surface area (Å²) in [5.74, 6) is 0.659. The molecule has 7 nitrogen and oxygen atoms in total. The van der Waals surface area contributed by atoms with Crippen LogP contribution >= 0.6 is 0 Å². The van der Waals surface area contributed by atoms with Gasteiger partial charge in [0.2, 0.25) is 5.91 Å². The molecule has 1 aromatic rings. The van der Waals surface area contributed by atoms with Crippen LogP contribution < -0.4 is 21.1 Å². The number of nitrogens with zero attached hydrogens (tertiary/aromatic N) is 1. The highest BCUT2D eigenvalue weighted by atomic mass is 16.5. The minimum Gasteiger partial charge on any atom is -0.496 e. The fraction of sp³-hybridized carbons (Fsp3) is 0.556. The summed E-state index contributed by atoms with van der Waals surface area (Å²) in [6.45, 7) is 3.98. The zero-order chi connectivity index (χ0) is 18.2. The first-order valence-corrected chi connectivity index (χ1v) is 8.78. The van der Waals surface area contributed by atoms with Crippen molar-refractivity contribution in [1.29, 1.82) is 0 Å². The predicted octanol–water partition coefficient (Wildman–Crippen LogP) is 1.40. The van der Waals surface area contributed by atoms with Crippen molar-refractivity contribution in [3.63, 3.8) is 0 Å². The number of para-hydroxylation sites is 1. The zero-order valence-electron chi connectivity index (χ0n) is 15.0. The maximum Gasteiger partial charge on any atom is 0.312 e. The van der Waals surface area contributed by atoms with Gasteiger partial charge in [0.05, 0.1) is 13.2 Å². The second kappa shape index (κ2) is 9.27. The van der Waals surface area contributed by atoms with E-state index in [9.17, 15) is 9.59 Å². The molecule has 1 fully saturated rings. The molecular weight excluding hydrogens is 320 g/mol. The number of hydrogen-bond acceptors (Lipinski definition) is 4. The molecule has 2 atom stereocenters. The van der Waals surface area contributed by atoms with Gasteiger partial charge in [-0.25, -0.2) is 4.79 Å². The second-order valence-corrected chi connectivity index (χ2v) is 6.20. The Bertz CT molecular complexity index is 593. The van der Waals surface area contributed by atoms with E-state index in [1.54, 1.807) is 7.11 Å². The van der Waals surface area contributed by atoms with Gasteiger partial charge in [-0.2, -0.15) is 0 Å². The number of nitrogens with one attached hydrogen (secondary N) is 2. The van der Waals surface area contributed by atoms with Crippen LogP contribution in [0.15, 0.2) is 24.3 Å². The summed E-state index contributed by atoms with van der Waals surface area (Å²) >= 11 is 0. The molecule has 0 aliphatic carbocycles. The second-order valence-electron chi connectivity index (χ2n) is 6.20. The van der Waals surface area contributed by atoms with Gasteiger partial charge >= 0.3 is 6.03 Å². The van der Waals surface area contributed by atoms with E-state index in [-0.39, 0.29) is 11.9 Å². The molecule has 138 valence electrons. The number of nitrogens with two attached hydrogens (primary N) is 1. The van der Waals surface area contributed by atoms with Crippen molar-refractivity contribution >= 4 is 11.9 Å². The maximum atomic E-state index is 13.1. The Labute approximate surface area is 148 Å². The van der Waals surface area contributed by atoms with Gasteiger partial charge in [-0.15, -0.1) is 0 Å². The van der Waals surface area contributed by atoms with E-state index in [4.69, 9.17) is 10.5 Å². The molecule has 0 radical (unpaired) electrons. The van der Waals surface area contributed by atoms with Crippen LogP contribution in [0, 0.1) is 0 Å². The van der Waals surface area contributed by atoms with E-state index in [0.29, 0.717) is 26.1 Å². The standard InChI is InChI=1S/C18H28N4O3/c1-3-4-8-14(21-18(19)24)17(23)22-11-10-20-12-15(22)13-7-5-6-9-16(13)25-2/h5-7,9,14-15,20H,3-4,8,10-12H2,1-2H3,(H3,19,21,24). The van der Waals surface area contributed by atoms with Crippen LogP contribution in [0.5, 0.6) is 5.75 Å². The van der Waals surface area contributed by atoms with E-state index >= 15 is 0 Å². The number of ether oxygens (including phenoxy) is 1. The van der Waals surface area contributed by atoms with E-state index < -0.39 is 12.1 Å². The molecule has 1 aliphatic heterocycles. The summed E-state index contributed by atoms with van der Waals surface area (Å²) < 4.78 is 5.46. The van der Waals surface area contributed by atoms with E-state index in [1.807, 2.05) is 36.1 Å². The topological polar surface area (TPSA) is 96.7 Å². The lowest BCUT2D eigenvalue weighted by atomic mass is 10.00. The van der Waals surface area contributed by atoms with Gasteiger partial charge in [0, 0.05) is 25.2 Å². The van der Waals surface area contributed by atoms with E-state index in [2.05, 4.69) is 10.6 Å². The number of benzene rings is 1. The molecule has 25 heavy (non-hydrogen) atoms. The first kappa shape index (κ1) is 19.1. The Morgan fingerprint density at radius 1 is 1.44 bits per heavy atom. The van der Waals surface area contributed by atoms with Gasteiger partial charge in [-0.3, -0.25) is 4.79 Å². The van der Waals surface area contributed by atoms with Crippen molar-refractivity contribution in [2.24, 2.45) is 5.73 Å². The van der Waals surface area contributed by atoms with Crippen molar-refractivity contribution in [3.05, 3.63) is 29.8 Å². The summed E-state index contributed by atoms with van der Waals surface area (Å²) in [6.07, 6.45) is 2.38. The van der Waals surface area contributed by atoms with Crippen LogP contribution in [0.1, 0.15) is 37.8 Å². The monoisotopic (exact) mass is 348 g/mol. The Hall–Kier alpha value is -2.28. The van der Waals surface area contributed by atoms with Crippen LogP contribution in [0.25, 0.3) is 0 Å². The van der Waals surface area contributed by atoms with Crippen LogP contribution in [0.3, 0.4) is 0 Å². The smallest absolute Gasteiger partial charge is 0.312 e. The third-order valence-electron chi connectivity index (χ3n) is 4.49. The van der Waals surface area contributed by atoms with Crippen LogP contribution in [0.2, 0.25) is 0 Å². The van der Waals surface area contributed by atoms with E-state index in [0.717, 1.165) is 24.2 Å². The number of carbonyl (C=O) groups is 2. The Morgan fingerprint density at radius 2 is 2.20 bits per heavy atom. The number of piperazine rings is 1. The molecule has 3 amide bonds. The molecule has 1 aromatic carbocycles. The summed E-state index contributed by atoms with van der Waals surface area (Å²) in [7, 11) is 1.62. The number of hydrogen-bond donors (Lipinski definition) is 3. The lowest BCUT2D eigenvalue weighted by Gasteiger charge is -2.39. The third-order valence-corrected chi connectivity index (χ3v) is 4.49. The number of rotatable bonds is 7. The maximum absolute atomic E-state index is 13.1. The zero-order valence-corrected chi connectivity index (χ0v) is 15.0. The predicted molar refractivity (Wildman–Crippen MR) is 96.3 cm³/mol. The van der Waals surface area contributed by atoms with Crippen molar-refractivity contribution in [3.8, 4) is 5.75 Å². The Kier molecular flexibility index (Phi) is 7.06. The van der Waals surface area contributed by atoms with E-state index in [1.165, 1.54) is 0 Å². The number of carbonyl (C=O) groups excluding carboxylic acids is 2. The minimum atomic E-state index is -0.668. The van der Waals surface area contributed by atoms with Crippen molar-refractivity contribution in [1.82, 2.24) is 15.5 Å². The molecule has 0 bridgehead atoms. The molecule has 7 heteroatoms. The number of amides is 3. The Balaban J connectivity index is 2.25. The van der Waals surface area contributed by atoms with Crippen LogP contribution in [0.4, 0.5) is 4.79 Å². The van der Waals surface area contributed by atoms with Gasteiger partial charge in [-0.05, 0) is 12.5 Å². The number of unbranched alkanes of at least 4 members (excludes halogenated alkanes) is 1. The number of urea groups is 1. The quantitative estimate of drug-likeness (QED) is 0.694. The highest BCUT2D eigenvalue weighted by Crippen LogP contribution is 2.30. The average molecular weight is 348 g/mol. The van der Waals surface area contributed by atoms with Gasteiger partial charge in [0.1, 0.15) is 11.8 Å². The highest BCUT2D eigenvalue weighted by Gasteiger charge is 2.33. The normalized spacial score (nSPS) is 18.5. The molecule has 0 spiro atoms. The van der Waals surface area contributed by atoms with Gasteiger partial charge in [-0.1, -0.05) is 38.0 Å². The first-order valence-electron chi connectivity index (χ1n) is 8.78. The molecule has 4 N–H and O–H groups in total. The van der Waals surface area contributed by atoms with Crippen molar-refractivity contribution in [2.45, 2.75) is 38.3 Å². The van der Waals surface area contributed by atoms with Crippen molar-refractivity contribution in [2.75, 3.05) is 26.7 Å². The molecular formula is C18H28N4O3. The minimum absolute atomic E-state index is 0.0929. The SMILES string of the molecule is CCCCC(NC(N)=O)C(=O)N1CCNCC1c1ccccc1OC. The molecule has 2 unspecified atom stereocenters. The van der Waals surface area contributed by atoms with Crippen molar-refractivity contribution < 1.29 is 14.3 Å². The lowest BCUT2D eigenvalue weighted by molar-refractivity contribution is -0.136. The number of methoxy groups -OCH3 is 1. The fourth-order valence-corrected chi connectivity index (χ4v) is 3.23. The van der Waals surface area contributed by atoms with Crippen LogP contribution in [-0.2, 0) is 4.79 Å². The van der Waals surface area contributed by atoms with Gasteiger partial charge in [0.15, 0.2) is 0 Å². The third kappa shape index (κ3) is 4.85. The highest BCUT2D eigenvalue weighted by molar-refractivity contribution is 5.87. The molecule has 0 saturated carbocycles. The lowest BCUT2D eigenvalue weighted by Crippen LogP contribution is -2.56. The summed E-state index contributed by atoms with van der Waals surface area (Å²) in [5, 5.41) is 5.94. The summed E-state index contributed by atoms with van der Waals surface area (Å²) in [4.78, 5) is 26.3. The molecule has 1 saturated heterocycles. The fourth-order valence-electron chi connectivity index (χ4n) is 3.23.